The summed E-state index contributed by atoms with van der Waals surface area (Å²) >= 11 is 11.7. The third-order valence-electron chi connectivity index (χ3n) is 2.77. The van der Waals surface area contributed by atoms with Gasteiger partial charge in [-0.1, -0.05) is 29.3 Å². The topological polar surface area (TPSA) is 41.1 Å². The Balaban J connectivity index is 0.00000162. The van der Waals surface area contributed by atoms with Gasteiger partial charge in [0.05, 0.1) is 16.5 Å². The molecule has 0 saturated carbocycles. The number of carbonyl (C=O) groups is 1. The third kappa shape index (κ3) is 4.32. The van der Waals surface area contributed by atoms with Gasteiger partial charge in [0.15, 0.2) is 0 Å². The van der Waals surface area contributed by atoms with E-state index < -0.39 is 0 Å². The smallest absolute Gasteiger partial charge is 0.224 e. The minimum Gasteiger partial charge on any atom is -0.352 e. The number of amides is 1. The molecule has 0 radical (unpaired) electrons. The van der Waals surface area contributed by atoms with Gasteiger partial charge in [0, 0.05) is 12.6 Å². The molecular formula is C12H15Cl3N2O. The Kier molecular flexibility index (Phi) is 6.22. The molecule has 1 aromatic carbocycles. The van der Waals surface area contributed by atoms with Crippen LogP contribution in [-0.2, 0) is 11.2 Å². The maximum atomic E-state index is 11.7. The van der Waals surface area contributed by atoms with Gasteiger partial charge in [0.2, 0.25) is 5.91 Å². The van der Waals surface area contributed by atoms with E-state index >= 15 is 0 Å². The number of benzene rings is 1. The Morgan fingerprint density at radius 3 is 2.78 bits per heavy atom. The maximum absolute atomic E-state index is 11.7. The summed E-state index contributed by atoms with van der Waals surface area (Å²) < 4.78 is 0. The van der Waals surface area contributed by atoms with Gasteiger partial charge in [0.25, 0.3) is 0 Å². The quantitative estimate of drug-likeness (QED) is 0.900. The molecular weight excluding hydrogens is 295 g/mol. The van der Waals surface area contributed by atoms with E-state index in [1.807, 2.05) is 6.07 Å². The van der Waals surface area contributed by atoms with Crippen LogP contribution >= 0.6 is 35.6 Å². The van der Waals surface area contributed by atoms with Crippen LogP contribution in [0.2, 0.25) is 10.0 Å². The van der Waals surface area contributed by atoms with Crippen LogP contribution in [0, 0.1) is 0 Å². The van der Waals surface area contributed by atoms with Crippen LogP contribution in [-0.4, -0.2) is 25.0 Å². The van der Waals surface area contributed by atoms with Crippen molar-refractivity contribution in [1.82, 2.24) is 10.6 Å². The first-order valence-electron chi connectivity index (χ1n) is 5.59. The van der Waals surface area contributed by atoms with Gasteiger partial charge >= 0.3 is 0 Å². The maximum Gasteiger partial charge on any atom is 0.224 e. The number of nitrogens with one attached hydrogen (secondary N) is 2. The molecule has 1 atom stereocenters. The summed E-state index contributed by atoms with van der Waals surface area (Å²) in [6.07, 6.45) is 1.33. The molecule has 1 fully saturated rings. The summed E-state index contributed by atoms with van der Waals surface area (Å²) in [7, 11) is 0. The molecule has 1 aromatic rings. The van der Waals surface area contributed by atoms with Crippen molar-refractivity contribution in [2.45, 2.75) is 18.9 Å². The van der Waals surface area contributed by atoms with Gasteiger partial charge in [-0.3, -0.25) is 4.79 Å². The Morgan fingerprint density at radius 2 is 2.17 bits per heavy atom. The molecule has 1 aliphatic heterocycles. The lowest BCUT2D eigenvalue weighted by atomic mass is 10.1. The molecule has 1 aliphatic rings. The minimum atomic E-state index is 0. The molecule has 6 heteroatoms. The van der Waals surface area contributed by atoms with Crippen molar-refractivity contribution in [2.24, 2.45) is 0 Å². The fraction of sp³-hybridized carbons (Fsp3) is 0.417. The van der Waals surface area contributed by atoms with Crippen LogP contribution in [0.3, 0.4) is 0 Å². The lowest BCUT2D eigenvalue weighted by Crippen LogP contribution is -2.37. The molecule has 2 rings (SSSR count). The predicted molar refractivity (Wildman–Crippen MR) is 76.8 cm³/mol. The fourth-order valence-electron chi connectivity index (χ4n) is 1.89. The highest BCUT2D eigenvalue weighted by Gasteiger charge is 2.16. The number of rotatable bonds is 3. The molecule has 1 amide bonds. The van der Waals surface area contributed by atoms with Crippen LogP contribution in [0.15, 0.2) is 18.2 Å². The largest absolute Gasteiger partial charge is 0.352 e. The zero-order valence-electron chi connectivity index (χ0n) is 9.71. The third-order valence-corrected chi connectivity index (χ3v) is 3.51. The fourth-order valence-corrected chi connectivity index (χ4v) is 2.21. The first kappa shape index (κ1) is 15.6. The SMILES string of the molecule is Cl.O=C(Cc1ccc(Cl)c(Cl)c1)NC1CCNC1. The second kappa shape index (κ2) is 7.19. The number of carbonyl (C=O) groups excluding carboxylic acids is 1. The number of hydrogen-bond donors (Lipinski definition) is 2. The molecule has 18 heavy (non-hydrogen) atoms. The van der Waals surface area contributed by atoms with E-state index in [1.165, 1.54) is 0 Å². The Bertz CT molecular complexity index is 420. The van der Waals surface area contributed by atoms with Crippen molar-refractivity contribution in [1.29, 1.82) is 0 Å². The van der Waals surface area contributed by atoms with Gasteiger partial charge in [-0.25, -0.2) is 0 Å². The number of hydrogen-bond acceptors (Lipinski definition) is 2. The van der Waals surface area contributed by atoms with Gasteiger partial charge in [0.1, 0.15) is 0 Å². The molecule has 100 valence electrons. The summed E-state index contributed by atoms with van der Waals surface area (Å²) in [4.78, 5) is 11.7. The Morgan fingerprint density at radius 1 is 1.39 bits per heavy atom. The van der Waals surface area contributed by atoms with Crippen molar-refractivity contribution in [3.8, 4) is 0 Å². The van der Waals surface area contributed by atoms with Gasteiger partial charge < -0.3 is 10.6 Å². The van der Waals surface area contributed by atoms with E-state index in [2.05, 4.69) is 10.6 Å². The number of halogens is 3. The molecule has 0 aromatic heterocycles. The lowest BCUT2D eigenvalue weighted by Gasteiger charge is -2.11. The molecule has 0 bridgehead atoms. The summed E-state index contributed by atoms with van der Waals surface area (Å²) in [5.41, 5.74) is 0.878. The lowest BCUT2D eigenvalue weighted by molar-refractivity contribution is -0.121. The van der Waals surface area contributed by atoms with E-state index in [9.17, 15) is 4.79 Å². The minimum absolute atomic E-state index is 0. The monoisotopic (exact) mass is 308 g/mol. The van der Waals surface area contributed by atoms with E-state index in [0.29, 0.717) is 16.5 Å². The van der Waals surface area contributed by atoms with Gasteiger partial charge in [-0.2, -0.15) is 0 Å². The van der Waals surface area contributed by atoms with Gasteiger partial charge in [-0.15, -0.1) is 12.4 Å². The average Bonchev–Trinajstić information content (AvgIpc) is 2.76. The van der Waals surface area contributed by atoms with E-state index in [-0.39, 0.29) is 24.4 Å². The van der Waals surface area contributed by atoms with E-state index in [1.54, 1.807) is 12.1 Å². The first-order chi connectivity index (χ1) is 8.15. The predicted octanol–water partition coefficient (Wildman–Crippen LogP) is 2.44. The summed E-state index contributed by atoms with van der Waals surface area (Å²) in [5.74, 6) is 0.0251. The summed E-state index contributed by atoms with van der Waals surface area (Å²) in [5, 5.41) is 7.18. The van der Waals surface area contributed by atoms with Crippen LogP contribution in [0.4, 0.5) is 0 Å². The Labute approximate surface area is 123 Å². The van der Waals surface area contributed by atoms with Crippen molar-refractivity contribution < 1.29 is 4.79 Å². The van der Waals surface area contributed by atoms with Gasteiger partial charge in [-0.05, 0) is 30.7 Å². The molecule has 2 N–H and O–H groups in total. The van der Waals surface area contributed by atoms with Crippen LogP contribution < -0.4 is 10.6 Å². The zero-order valence-corrected chi connectivity index (χ0v) is 12.0. The highest BCUT2D eigenvalue weighted by atomic mass is 35.5. The summed E-state index contributed by atoms with van der Waals surface area (Å²) in [6, 6.07) is 5.52. The van der Waals surface area contributed by atoms with Crippen molar-refractivity contribution >= 4 is 41.5 Å². The van der Waals surface area contributed by atoms with E-state index in [0.717, 1.165) is 25.1 Å². The van der Waals surface area contributed by atoms with Crippen molar-refractivity contribution in [2.75, 3.05) is 13.1 Å². The molecule has 1 saturated heterocycles. The molecule has 1 heterocycles. The first-order valence-corrected chi connectivity index (χ1v) is 6.35. The summed E-state index contributed by atoms with van der Waals surface area (Å²) in [6.45, 7) is 1.82. The molecule has 1 unspecified atom stereocenters. The zero-order chi connectivity index (χ0) is 12.3. The average molecular weight is 310 g/mol. The van der Waals surface area contributed by atoms with Crippen molar-refractivity contribution in [3.05, 3.63) is 33.8 Å². The van der Waals surface area contributed by atoms with E-state index in [4.69, 9.17) is 23.2 Å². The normalized spacial score (nSPS) is 18.2. The van der Waals surface area contributed by atoms with Crippen LogP contribution in [0.5, 0.6) is 0 Å². The molecule has 0 aliphatic carbocycles. The highest BCUT2D eigenvalue weighted by Crippen LogP contribution is 2.22. The second-order valence-electron chi connectivity index (χ2n) is 4.18. The second-order valence-corrected chi connectivity index (χ2v) is 5.00. The van der Waals surface area contributed by atoms with Crippen LogP contribution in [0.25, 0.3) is 0 Å². The molecule has 3 nitrogen and oxygen atoms in total. The standard InChI is InChI=1S/C12H14Cl2N2O.ClH/c13-10-2-1-8(5-11(10)14)6-12(17)16-9-3-4-15-7-9;/h1-2,5,9,15H,3-4,6-7H2,(H,16,17);1H. The van der Waals surface area contributed by atoms with Crippen molar-refractivity contribution in [3.63, 3.8) is 0 Å². The highest BCUT2D eigenvalue weighted by molar-refractivity contribution is 6.42. The van der Waals surface area contributed by atoms with Crippen LogP contribution in [0.1, 0.15) is 12.0 Å². The molecule has 0 spiro atoms. The Hall–Kier alpha value is -0.480.